The third kappa shape index (κ3) is 3.13. The van der Waals surface area contributed by atoms with Gasteiger partial charge in [0.2, 0.25) is 5.16 Å². The molecule has 0 aliphatic heterocycles. The molecule has 0 amide bonds. The Balaban J connectivity index is 1.74. The maximum atomic E-state index is 11.6. The van der Waals surface area contributed by atoms with E-state index >= 15 is 0 Å². The largest absolute Gasteiger partial charge is 0.465 e. The number of esters is 1. The molecule has 2 N–H and O–H groups in total. The summed E-state index contributed by atoms with van der Waals surface area (Å²) in [5.41, 5.74) is 1.31. The molecule has 0 unspecified atom stereocenters. The second-order valence-corrected chi connectivity index (χ2v) is 5.95. The third-order valence-electron chi connectivity index (χ3n) is 3.41. The van der Waals surface area contributed by atoms with Crippen LogP contribution in [0.15, 0.2) is 46.0 Å². The summed E-state index contributed by atoms with van der Waals surface area (Å²) in [4.78, 5) is 11.6. The first kappa shape index (κ1) is 16.1. The minimum Gasteiger partial charge on any atom is -0.465 e. The molecule has 0 radical (unpaired) electrons. The first-order chi connectivity index (χ1) is 11.6. The van der Waals surface area contributed by atoms with Gasteiger partial charge in [0.15, 0.2) is 5.82 Å². The van der Waals surface area contributed by atoms with E-state index in [-0.39, 0.29) is 0 Å². The molecule has 3 rings (SSSR count). The fourth-order valence-electron chi connectivity index (χ4n) is 2.22. The van der Waals surface area contributed by atoms with Gasteiger partial charge in [0.05, 0.1) is 12.9 Å². The van der Waals surface area contributed by atoms with Crippen LogP contribution in [0.3, 0.4) is 0 Å². The number of hydrogen-bond acceptors (Lipinski definition) is 7. The van der Waals surface area contributed by atoms with Gasteiger partial charge in [0, 0.05) is 5.56 Å². The summed E-state index contributed by atoms with van der Waals surface area (Å²) in [5.74, 6) is 7.88. The second-order valence-electron chi connectivity index (χ2n) is 5.01. The predicted octanol–water partition coefficient (Wildman–Crippen LogP) is 2.64. The van der Waals surface area contributed by atoms with Crippen molar-refractivity contribution in [3.63, 3.8) is 0 Å². The molecule has 0 fully saturated rings. The van der Waals surface area contributed by atoms with E-state index in [0.717, 1.165) is 5.56 Å². The zero-order chi connectivity index (χ0) is 17.1. The SMILES string of the molecule is COC(=O)c1cc(CSc2nnc(-c3ccccc3)n2N)oc1C. The zero-order valence-corrected chi connectivity index (χ0v) is 14.0. The predicted molar refractivity (Wildman–Crippen MR) is 90.0 cm³/mol. The number of methoxy groups -OCH3 is 1. The number of nitrogens with two attached hydrogens (primary N) is 1. The van der Waals surface area contributed by atoms with Crippen LogP contribution in [-0.2, 0) is 10.5 Å². The topological polar surface area (TPSA) is 96.2 Å². The van der Waals surface area contributed by atoms with Crippen molar-refractivity contribution in [3.8, 4) is 11.4 Å². The van der Waals surface area contributed by atoms with Crippen LogP contribution in [0, 0.1) is 6.92 Å². The highest BCUT2D eigenvalue weighted by molar-refractivity contribution is 7.98. The Kier molecular flexibility index (Phi) is 4.57. The van der Waals surface area contributed by atoms with Crippen molar-refractivity contribution >= 4 is 17.7 Å². The number of aryl methyl sites for hydroxylation is 1. The highest BCUT2D eigenvalue weighted by atomic mass is 32.2. The molecule has 1 aromatic carbocycles. The van der Waals surface area contributed by atoms with E-state index in [1.807, 2.05) is 30.3 Å². The summed E-state index contributed by atoms with van der Waals surface area (Å²) in [5, 5.41) is 8.79. The molecule has 2 heterocycles. The molecule has 3 aromatic rings. The fraction of sp³-hybridized carbons (Fsp3) is 0.188. The highest BCUT2D eigenvalue weighted by Crippen LogP contribution is 2.26. The Morgan fingerprint density at radius 2 is 2.08 bits per heavy atom. The molecule has 2 aromatic heterocycles. The van der Waals surface area contributed by atoms with Crippen LogP contribution in [0.1, 0.15) is 21.9 Å². The lowest BCUT2D eigenvalue weighted by molar-refractivity contribution is 0.0599. The van der Waals surface area contributed by atoms with Gasteiger partial charge in [0.25, 0.3) is 0 Å². The molecule has 24 heavy (non-hydrogen) atoms. The van der Waals surface area contributed by atoms with E-state index in [0.29, 0.717) is 33.8 Å². The van der Waals surface area contributed by atoms with Crippen molar-refractivity contribution in [1.82, 2.24) is 14.9 Å². The van der Waals surface area contributed by atoms with Crippen LogP contribution in [0.2, 0.25) is 0 Å². The van der Waals surface area contributed by atoms with E-state index in [2.05, 4.69) is 10.2 Å². The molecule has 0 aliphatic rings. The Hall–Kier alpha value is -2.74. The van der Waals surface area contributed by atoms with Gasteiger partial charge in [-0.25, -0.2) is 9.47 Å². The van der Waals surface area contributed by atoms with Crippen molar-refractivity contribution in [1.29, 1.82) is 0 Å². The zero-order valence-electron chi connectivity index (χ0n) is 13.2. The number of hydrogen-bond donors (Lipinski definition) is 1. The Morgan fingerprint density at radius 1 is 1.33 bits per heavy atom. The first-order valence-electron chi connectivity index (χ1n) is 7.16. The average Bonchev–Trinajstić information content (AvgIpc) is 3.16. The summed E-state index contributed by atoms with van der Waals surface area (Å²) in [6, 6.07) is 11.3. The summed E-state index contributed by atoms with van der Waals surface area (Å²) in [6.45, 7) is 1.72. The number of furan rings is 1. The van der Waals surface area contributed by atoms with Crippen molar-refractivity contribution in [2.75, 3.05) is 13.0 Å². The molecule has 124 valence electrons. The lowest BCUT2D eigenvalue weighted by Crippen LogP contribution is -2.11. The number of nitrogen functional groups attached to an aromatic ring is 1. The summed E-state index contributed by atoms with van der Waals surface area (Å²) < 4.78 is 11.7. The van der Waals surface area contributed by atoms with Gasteiger partial charge < -0.3 is 15.0 Å². The summed E-state index contributed by atoms with van der Waals surface area (Å²) >= 11 is 1.38. The minimum absolute atomic E-state index is 0.416. The average molecular weight is 344 g/mol. The number of nitrogens with zero attached hydrogens (tertiary/aromatic N) is 3. The number of aromatic nitrogens is 3. The van der Waals surface area contributed by atoms with Crippen molar-refractivity contribution < 1.29 is 13.9 Å². The Labute approximate surface area is 142 Å². The maximum Gasteiger partial charge on any atom is 0.341 e. The highest BCUT2D eigenvalue weighted by Gasteiger charge is 2.17. The number of benzene rings is 1. The van der Waals surface area contributed by atoms with Crippen LogP contribution >= 0.6 is 11.8 Å². The molecular formula is C16H16N4O3S. The van der Waals surface area contributed by atoms with Crippen LogP contribution in [-0.4, -0.2) is 28.0 Å². The third-order valence-corrected chi connectivity index (χ3v) is 4.38. The van der Waals surface area contributed by atoms with Gasteiger partial charge in [-0.05, 0) is 13.0 Å². The smallest absolute Gasteiger partial charge is 0.341 e. The van der Waals surface area contributed by atoms with Crippen LogP contribution < -0.4 is 5.84 Å². The Bertz CT molecular complexity index is 858. The maximum absolute atomic E-state index is 11.6. The molecule has 0 atom stereocenters. The van der Waals surface area contributed by atoms with Crippen molar-refractivity contribution in [2.24, 2.45) is 0 Å². The lowest BCUT2D eigenvalue weighted by atomic mass is 10.2. The van der Waals surface area contributed by atoms with Gasteiger partial charge in [-0.2, -0.15) is 0 Å². The molecule has 0 saturated carbocycles. The molecule has 0 spiro atoms. The normalized spacial score (nSPS) is 10.8. The Morgan fingerprint density at radius 3 is 2.79 bits per heavy atom. The first-order valence-corrected chi connectivity index (χ1v) is 8.15. The number of thioether (sulfide) groups is 1. The summed E-state index contributed by atoms with van der Waals surface area (Å²) in [6.07, 6.45) is 0. The van der Waals surface area contributed by atoms with Crippen molar-refractivity contribution in [3.05, 3.63) is 53.5 Å². The van der Waals surface area contributed by atoms with Gasteiger partial charge >= 0.3 is 5.97 Å². The lowest BCUT2D eigenvalue weighted by Gasteiger charge is -2.02. The van der Waals surface area contributed by atoms with E-state index in [9.17, 15) is 4.79 Å². The number of ether oxygens (including phenoxy) is 1. The van der Waals surface area contributed by atoms with E-state index in [1.54, 1.807) is 13.0 Å². The minimum atomic E-state index is -0.416. The van der Waals surface area contributed by atoms with Gasteiger partial charge in [-0.3, -0.25) is 0 Å². The van der Waals surface area contributed by atoms with Crippen LogP contribution in [0.25, 0.3) is 11.4 Å². The quantitative estimate of drug-likeness (QED) is 0.432. The molecule has 0 saturated heterocycles. The van der Waals surface area contributed by atoms with Gasteiger partial charge in [-0.1, -0.05) is 42.1 Å². The van der Waals surface area contributed by atoms with Crippen molar-refractivity contribution in [2.45, 2.75) is 17.8 Å². The van der Waals surface area contributed by atoms with E-state index in [4.69, 9.17) is 15.0 Å². The van der Waals surface area contributed by atoms with Crippen LogP contribution in [0.5, 0.6) is 0 Å². The van der Waals surface area contributed by atoms with E-state index < -0.39 is 5.97 Å². The number of carbonyl (C=O) groups excluding carboxylic acids is 1. The molecule has 8 heteroatoms. The molecule has 0 bridgehead atoms. The number of carbonyl (C=O) groups is 1. The van der Waals surface area contributed by atoms with Gasteiger partial charge in [0.1, 0.15) is 17.1 Å². The summed E-state index contributed by atoms with van der Waals surface area (Å²) in [7, 11) is 1.34. The molecule has 7 nitrogen and oxygen atoms in total. The fourth-order valence-corrected chi connectivity index (χ4v) is 2.96. The molecular weight excluding hydrogens is 328 g/mol. The standard InChI is InChI=1S/C16H16N4O3S/c1-10-13(15(21)22-2)8-12(23-10)9-24-16-19-18-14(20(16)17)11-6-4-3-5-7-11/h3-8H,9,17H2,1-2H3. The van der Waals surface area contributed by atoms with Crippen LogP contribution in [0.4, 0.5) is 0 Å². The molecule has 0 aliphatic carbocycles. The monoisotopic (exact) mass is 344 g/mol. The van der Waals surface area contributed by atoms with E-state index in [1.165, 1.54) is 23.5 Å². The second kappa shape index (κ2) is 6.79. The van der Waals surface area contributed by atoms with Gasteiger partial charge in [-0.15, -0.1) is 10.2 Å². The number of rotatable bonds is 5.